The van der Waals surface area contributed by atoms with Crippen molar-refractivity contribution in [1.82, 2.24) is 10.2 Å². The molecule has 0 bridgehead atoms. The molecule has 0 aliphatic heterocycles. The molecule has 106 valence electrons. The minimum absolute atomic E-state index is 0.172. The van der Waals surface area contributed by atoms with Gasteiger partial charge in [-0.1, -0.05) is 20.8 Å². The number of urea groups is 1. The van der Waals surface area contributed by atoms with Crippen molar-refractivity contribution in [2.75, 3.05) is 19.6 Å². The lowest BCUT2D eigenvalue weighted by Crippen LogP contribution is -2.43. The number of rotatable bonds is 8. The zero-order valence-corrected chi connectivity index (χ0v) is 11.9. The Morgan fingerprint density at radius 1 is 1.28 bits per heavy atom. The summed E-state index contributed by atoms with van der Waals surface area (Å²) in [5, 5.41) is 11.8. The number of carboxylic acids is 1. The minimum atomic E-state index is -0.845. The van der Waals surface area contributed by atoms with Gasteiger partial charge in [0.05, 0.1) is 5.92 Å². The molecule has 0 fully saturated rings. The van der Waals surface area contributed by atoms with Gasteiger partial charge in [0.1, 0.15) is 0 Å². The van der Waals surface area contributed by atoms with Crippen molar-refractivity contribution in [1.29, 1.82) is 0 Å². The van der Waals surface area contributed by atoms with Crippen molar-refractivity contribution in [2.45, 2.75) is 40.5 Å². The maximum absolute atomic E-state index is 11.8. The molecular formula is C13H26N2O3. The summed E-state index contributed by atoms with van der Waals surface area (Å²) >= 11 is 0. The number of nitrogens with one attached hydrogen (secondary N) is 1. The molecule has 0 aliphatic carbocycles. The van der Waals surface area contributed by atoms with E-state index in [1.807, 2.05) is 27.7 Å². The second kappa shape index (κ2) is 8.78. The van der Waals surface area contributed by atoms with Crippen molar-refractivity contribution in [3.8, 4) is 0 Å². The molecule has 2 N–H and O–H groups in total. The van der Waals surface area contributed by atoms with Gasteiger partial charge in [0.2, 0.25) is 0 Å². The van der Waals surface area contributed by atoms with E-state index in [0.29, 0.717) is 25.4 Å². The SMILES string of the molecule is CCCN(CC)C(=O)NCC(CC(C)C)C(=O)O. The standard InChI is InChI=1S/C13H26N2O3/c1-5-7-15(6-2)13(18)14-9-11(12(16)17)8-10(3)4/h10-11H,5-9H2,1-4H3,(H,14,18)(H,16,17). The number of carboxylic acid groups (broad SMARTS) is 1. The molecule has 5 nitrogen and oxygen atoms in total. The fraction of sp³-hybridized carbons (Fsp3) is 0.846. The van der Waals surface area contributed by atoms with E-state index in [1.54, 1.807) is 4.90 Å². The molecule has 0 saturated heterocycles. The van der Waals surface area contributed by atoms with Gasteiger partial charge < -0.3 is 15.3 Å². The molecule has 1 unspecified atom stereocenters. The van der Waals surface area contributed by atoms with Gasteiger partial charge in [-0.2, -0.15) is 0 Å². The summed E-state index contributed by atoms with van der Waals surface area (Å²) < 4.78 is 0. The highest BCUT2D eigenvalue weighted by molar-refractivity contribution is 5.76. The summed E-state index contributed by atoms with van der Waals surface area (Å²) in [7, 11) is 0. The van der Waals surface area contributed by atoms with Gasteiger partial charge in [0, 0.05) is 19.6 Å². The fourth-order valence-electron chi connectivity index (χ4n) is 1.84. The summed E-state index contributed by atoms with van der Waals surface area (Å²) in [5.41, 5.74) is 0. The van der Waals surface area contributed by atoms with Crippen LogP contribution in [0, 0.1) is 11.8 Å². The van der Waals surface area contributed by atoms with Crippen LogP contribution >= 0.6 is 0 Å². The van der Waals surface area contributed by atoms with Crippen LogP contribution in [0.25, 0.3) is 0 Å². The van der Waals surface area contributed by atoms with Crippen molar-refractivity contribution < 1.29 is 14.7 Å². The molecule has 0 aromatic carbocycles. The lowest BCUT2D eigenvalue weighted by molar-refractivity contribution is -0.142. The molecule has 0 saturated carbocycles. The third-order valence-corrected chi connectivity index (χ3v) is 2.77. The normalized spacial score (nSPS) is 12.3. The molecule has 0 radical (unpaired) electrons. The topological polar surface area (TPSA) is 69.6 Å². The van der Waals surface area contributed by atoms with Gasteiger partial charge in [-0.15, -0.1) is 0 Å². The number of aliphatic carboxylic acids is 1. The predicted molar refractivity (Wildman–Crippen MR) is 71.5 cm³/mol. The summed E-state index contributed by atoms with van der Waals surface area (Å²) in [4.78, 5) is 24.5. The molecule has 2 amide bonds. The number of hydrogen-bond donors (Lipinski definition) is 2. The number of carbonyl (C=O) groups is 2. The van der Waals surface area contributed by atoms with E-state index < -0.39 is 11.9 Å². The smallest absolute Gasteiger partial charge is 0.317 e. The van der Waals surface area contributed by atoms with Gasteiger partial charge in [-0.05, 0) is 25.7 Å². The second-order valence-electron chi connectivity index (χ2n) is 4.93. The van der Waals surface area contributed by atoms with E-state index in [9.17, 15) is 9.59 Å². The van der Waals surface area contributed by atoms with Crippen LogP contribution in [0.4, 0.5) is 4.79 Å². The summed E-state index contributed by atoms with van der Waals surface area (Å²) in [6.45, 7) is 9.42. The van der Waals surface area contributed by atoms with Gasteiger partial charge >= 0.3 is 12.0 Å². The zero-order valence-electron chi connectivity index (χ0n) is 11.9. The second-order valence-corrected chi connectivity index (χ2v) is 4.93. The van der Waals surface area contributed by atoms with Crippen LogP contribution in [0.2, 0.25) is 0 Å². The maximum atomic E-state index is 11.8. The van der Waals surface area contributed by atoms with Gasteiger partial charge in [-0.25, -0.2) is 4.79 Å². The number of amides is 2. The van der Waals surface area contributed by atoms with E-state index in [2.05, 4.69) is 5.32 Å². The lowest BCUT2D eigenvalue weighted by atomic mass is 9.97. The Bertz CT molecular complexity index is 267. The van der Waals surface area contributed by atoms with E-state index in [0.717, 1.165) is 6.42 Å². The van der Waals surface area contributed by atoms with Gasteiger partial charge in [0.15, 0.2) is 0 Å². The largest absolute Gasteiger partial charge is 0.481 e. The molecule has 5 heteroatoms. The Hall–Kier alpha value is -1.26. The van der Waals surface area contributed by atoms with Gasteiger partial charge in [0.25, 0.3) is 0 Å². The minimum Gasteiger partial charge on any atom is -0.481 e. The summed E-state index contributed by atoms with van der Waals surface area (Å²) in [6, 6.07) is -0.172. The van der Waals surface area contributed by atoms with E-state index >= 15 is 0 Å². The maximum Gasteiger partial charge on any atom is 0.317 e. The molecule has 0 heterocycles. The van der Waals surface area contributed by atoms with E-state index in [4.69, 9.17) is 5.11 Å². The van der Waals surface area contributed by atoms with Gasteiger partial charge in [-0.3, -0.25) is 4.79 Å². The summed E-state index contributed by atoms with van der Waals surface area (Å²) in [5.74, 6) is -1.04. The molecule has 0 aromatic rings. The van der Waals surface area contributed by atoms with Crippen LogP contribution in [0.5, 0.6) is 0 Å². The molecule has 18 heavy (non-hydrogen) atoms. The Kier molecular flexibility index (Phi) is 8.16. The van der Waals surface area contributed by atoms with Crippen LogP contribution < -0.4 is 5.32 Å². The highest BCUT2D eigenvalue weighted by Gasteiger charge is 2.20. The Labute approximate surface area is 110 Å². The highest BCUT2D eigenvalue weighted by Crippen LogP contribution is 2.11. The number of hydrogen-bond acceptors (Lipinski definition) is 2. The molecule has 1 atom stereocenters. The average Bonchev–Trinajstić information content (AvgIpc) is 2.30. The molecule has 0 spiro atoms. The van der Waals surface area contributed by atoms with Crippen LogP contribution in [-0.4, -0.2) is 41.6 Å². The first-order valence-electron chi connectivity index (χ1n) is 6.67. The van der Waals surface area contributed by atoms with Crippen molar-refractivity contribution in [3.63, 3.8) is 0 Å². The van der Waals surface area contributed by atoms with Crippen LogP contribution in [0.1, 0.15) is 40.5 Å². The van der Waals surface area contributed by atoms with Crippen molar-refractivity contribution in [2.24, 2.45) is 11.8 Å². The monoisotopic (exact) mass is 258 g/mol. The fourth-order valence-corrected chi connectivity index (χ4v) is 1.84. The average molecular weight is 258 g/mol. The van der Waals surface area contributed by atoms with E-state index in [-0.39, 0.29) is 12.6 Å². The lowest BCUT2D eigenvalue weighted by Gasteiger charge is -2.22. The van der Waals surface area contributed by atoms with Crippen LogP contribution in [-0.2, 0) is 4.79 Å². The number of carbonyl (C=O) groups excluding carboxylic acids is 1. The first kappa shape index (κ1) is 16.7. The van der Waals surface area contributed by atoms with Crippen molar-refractivity contribution >= 4 is 12.0 Å². The van der Waals surface area contributed by atoms with Crippen LogP contribution in [0.15, 0.2) is 0 Å². The Balaban J connectivity index is 4.25. The molecule has 0 aliphatic rings. The Morgan fingerprint density at radius 3 is 2.28 bits per heavy atom. The third kappa shape index (κ3) is 6.47. The van der Waals surface area contributed by atoms with E-state index in [1.165, 1.54) is 0 Å². The third-order valence-electron chi connectivity index (χ3n) is 2.77. The quantitative estimate of drug-likeness (QED) is 0.701. The molecule has 0 rings (SSSR count). The van der Waals surface area contributed by atoms with Crippen LogP contribution in [0.3, 0.4) is 0 Å². The van der Waals surface area contributed by atoms with Crippen molar-refractivity contribution in [3.05, 3.63) is 0 Å². The highest BCUT2D eigenvalue weighted by atomic mass is 16.4. The zero-order chi connectivity index (χ0) is 14.1. The predicted octanol–water partition coefficient (Wildman–Crippen LogP) is 2.17. The Morgan fingerprint density at radius 2 is 1.89 bits per heavy atom. The summed E-state index contributed by atoms with van der Waals surface area (Å²) in [6.07, 6.45) is 1.48. The number of nitrogens with zero attached hydrogens (tertiary/aromatic N) is 1. The first-order valence-corrected chi connectivity index (χ1v) is 6.67. The first-order chi connectivity index (χ1) is 8.42. The molecular weight excluding hydrogens is 232 g/mol. The molecule has 0 aromatic heterocycles.